The van der Waals surface area contributed by atoms with E-state index in [2.05, 4.69) is 23.2 Å². The second-order valence-electron chi connectivity index (χ2n) is 4.80. The second-order valence-corrected chi connectivity index (χ2v) is 4.80. The maximum Gasteiger partial charge on any atom is 0.0645 e. The quantitative estimate of drug-likeness (QED) is 0.912. The lowest BCUT2D eigenvalue weighted by atomic mass is 10.3. The minimum Gasteiger partial charge on any atom is -0.327 e. The molecule has 0 spiro atoms. The number of nitrogens with two attached hydrogens (primary N) is 1. The van der Waals surface area contributed by atoms with Crippen molar-refractivity contribution in [2.45, 2.75) is 19.5 Å². The van der Waals surface area contributed by atoms with Crippen molar-refractivity contribution in [1.82, 2.24) is 14.7 Å². The Kier molecular flexibility index (Phi) is 6.02. The zero-order chi connectivity index (χ0) is 13.0. The lowest BCUT2D eigenvalue weighted by Crippen LogP contribution is -2.32. The molecular formula is C14H21ClN4. The van der Waals surface area contributed by atoms with E-state index in [0.717, 1.165) is 18.8 Å². The van der Waals surface area contributed by atoms with Gasteiger partial charge in [-0.2, -0.15) is 5.10 Å². The van der Waals surface area contributed by atoms with Gasteiger partial charge in [0, 0.05) is 30.9 Å². The van der Waals surface area contributed by atoms with Crippen molar-refractivity contribution in [3.8, 4) is 5.69 Å². The number of hydrogen-bond donors (Lipinski definition) is 1. The molecule has 2 rings (SSSR count). The highest BCUT2D eigenvalue weighted by atomic mass is 35.5. The first-order chi connectivity index (χ1) is 8.65. The third-order valence-corrected chi connectivity index (χ3v) is 2.71. The molecule has 2 N–H and O–H groups in total. The predicted octanol–water partition coefficient (Wildman–Crippen LogP) is 2.07. The van der Waals surface area contributed by atoms with Crippen molar-refractivity contribution in [2.24, 2.45) is 5.73 Å². The highest BCUT2D eigenvalue weighted by Gasteiger charge is 2.05. The summed E-state index contributed by atoms with van der Waals surface area (Å²) in [6, 6.07) is 10.3. The fraction of sp³-hybridized carbons (Fsp3) is 0.357. The maximum absolute atomic E-state index is 5.78. The van der Waals surface area contributed by atoms with Crippen molar-refractivity contribution < 1.29 is 0 Å². The van der Waals surface area contributed by atoms with E-state index >= 15 is 0 Å². The van der Waals surface area contributed by atoms with Crippen LogP contribution < -0.4 is 5.73 Å². The third-order valence-electron chi connectivity index (χ3n) is 2.71. The van der Waals surface area contributed by atoms with Crippen LogP contribution in [-0.2, 0) is 6.54 Å². The minimum absolute atomic E-state index is 0. The summed E-state index contributed by atoms with van der Waals surface area (Å²) in [5.41, 5.74) is 8.06. The average Bonchev–Trinajstić information content (AvgIpc) is 2.77. The number of aromatic nitrogens is 2. The van der Waals surface area contributed by atoms with Gasteiger partial charge in [0.2, 0.25) is 0 Å². The molecule has 0 amide bonds. The molecular weight excluding hydrogens is 260 g/mol. The molecule has 5 heteroatoms. The molecule has 0 fully saturated rings. The first-order valence-electron chi connectivity index (χ1n) is 6.18. The summed E-state index contributed by atoms with van der Waals surface area (Å²) >= 11 is 0. The number of para-hydroxylation sites is 1. The molecule has 19 heavy (non-hydrogen) atoms. The predicted molar refractivity (Wildman–Crippen MR) is 80.8 cm³/mol. The van der Waals surface area contributed by atoms with Gasteiger partial charge in [0.05, 0.1) is 11.9 Å². The van der Waals surface area contributed by atoms with Crippen LogP contribution in [0.15, 0.2) is 42.7 Å². The molecule has 1 unspecified atom stereocenters. The van der Waals surface area contributed by atoms with Crippen LogP contribution in [0.25, 0.3) is 5.69 Å². The van der Waals surface area contributed by atoms with Crippen molar-refractivity contribution in [3.05, 3.63) is 48.3 Å². The SMILES string of the molecule is CC(N)CN(C)Cc1cnn(-c2ccccc2)c1.Cl. The highest BCUT2D eigenvalue weighted by Crippen LogP contribution is 2.09. The molecule has 0 aliphatic carbocycles. The molecule has 1 aromatic heterocycles. The molecule has 1 aromatic carbocycles. The minimum atomic E-state index is 0. The molecule has 0 radical (unpaired) electrons. The Hall–Kier alpha value is -1.36. The van der Waals surface area contributed by atoms with Crippen LogP contribution in [0.4, 0.5) is 0 Å². The Labute approximate surface area is 120 Å². The van der Waals surface area contributed by atoms with Gasteiger partial charge in [-0.3, -0.25) is 0 Å². The van der Waals surface area contributed by atoms with E-state index in [1.807, 2.05) is 48.1 Å². The van der Waals surface area contributed by atoms with E-state index in [1.54, 1.807) is 0 Å². The number of hydrogen-bond acceptors (Lipinski definition) is 3. The van der Waals surface area contributed by atoms with Gasteiger partial charge in [-0.05, 0) is 26.1 Å². The second kappa shape index (κ2) is 7.28. The van der Waals surface area contributed by atoms with E-state index in [-0.39, 0.29) is 18.4 Å². The number of rotatable bonds is 5. The monoisotopic (exact) mass is 280 g/mol. The Morgan fingerprint density at radius 2 is 2.00 bits per heavy atom. The maximum atomic E-state index is 5.78. The third kappa shape index (κ3) is 4.67. The van der Waals surface area contributed by atoms with E-state index < -0.39 is 0 Å². The molecule has 104 valence electrons. The van der Waals surface area contributed by atoms with Gasteiger partial charge in [-0.25, -0.2) is 4.68 Å². The van der Waals surface area contributed by atoms with Crippen LogP contribution in [-0.4, -0.2) is 34.3 Å². The summed E-state index contributed by atoms with van der Waals surface area (Å²) in [6.07, 6.45) is 3.97. The zero-order valence-electron chi connectivity index (χ0n) is 11.4. The largest absolute Gasteiger partial charge is 0.327 e. The average molecular weight is 281 g/mol. The number of likely N-dealkylation sites (N-methyl/N-ethyl adjacent to an activating group) is 1. The summed E-state index contributed by atoms with van der Waals surface area (Å²) in [7, 11) is 2.07. The molecule has 0 aliphatic rings. The van der Waals surface area contributed by atoms with Crippen LogP contribution in [0.2, 0.25) is 0 Å². The normalized spacial score (nSPS) is 12.2. The first kappa shape index (κ1) is 15.7. The van der Waals surface area contributed by atoms with Crippen LogP contribution in [0, 0.1) is 0 Å². The summed E-state index contributed by atoms with van der Waals surface area (Å²) in [5, 5.41) is 4.38. The Balaban J connectivity index is 0.00000180. The number of benzene rings is 1. The van der Waals surface area contributed by atoms with Crippen molar-refractivity contribution in [2.75, 3.05) is 13.6 Å². The number of halogens is 1. The van der Waals surface area contributed by atoms with Gasteiger partial charge in [0.1, 0.15) is 0 Å². The smallest absolute Gasteiger partial charge is 0.0645 e. The lowest BCUT2D eigenvalue weighted by molar-refractivity contribution is 0.310. The molecule has 4 nitrogen and oxygen atoms in total. The molecule has 0 bridgehead atoms. The first-order valence-corrected chi connectivity index (χ1v) is 6.18. The fourth-order valence-electron chi connectivity index (χ4n) is 2.03. The van der Waals surface area contributed by atoms with Crippen molar-refractivity contribution in [1.29, 1.82) is 0 Å². The molecule has 1 atom stereocenters. The lowest BCUT2D eigenvalue weighted by Gasteiger charge is -2.17. The van der Waals surface area contributed by atoms with E-state index in [1.165, 1.54) is 5.56 Å². The molecule has 0 saturated heterocycles. The van der Waals surface area contributed by atoms with Gasteiger partial charge in [0.25, 0.3) is 0 Å². The van der Waals surface area contributed by atoms with Crippen molar-refractivity contribution >= 4 is 12.4 Å². The van der Waals surface area contributed by atoms with E-state index in [4.69, 9.17) is 5.73 Å². The van der Waals surface area contributed by atoms with Gasteiger partial charge in [-0.15, -0.1) is 12.4 Å². The van der Waals surface area contributed by atoms with Crippen LogP contribution in [0.5, 0.6) is 0 Å². The Morgan fingerprint density at radius 1 is 1.32 bits per heavy atom. The standard InChI is InChI=1S/C14H20N4.ClH/c1-12(15)9-17(2)10-13-8-16-18(11-13)14-6-4-3-5-7-14;/h3-8,11-12H,9-10,15H2,1-2H3;1H. The molecule has 1 heterocycles. The molecule has 2 aromatic rings. The van der Waals surface area contributed by atoms with Crippen molar-refractivity contribution in [3.63, 3.8) is 0 Å². The molecule has 0 aliphatic heterocycles. The Morgan fingerprint density at radius 3 is 2.63 bits per heavy atom. The van der Waals surface area contributed by atoms with Gasteiger partial charge < -0.3 is 10.6 Å². The summed E-state index contributed by atoms with van der Waals surface area (Å²) in [6.45, 7) is 3.77. The summed E-state index contributed by atoms with van der Waals surface area (Å²) < 4.78 is 1.90. The van der Waals surface area contributed by atoms with E-state index in [0.29, 0.717) is 0 Å². The summed E-state index contributed by atoms with van der Waals surface area (Å²) in [4.78, 5) is 2.21. The topological polar surface area (TPSA) is 47.1 Å². The van der Waals surface area contributed by atoms with Gasteiger partial charge >= 0.3 is 0 Å². The highest BCUT2D eigenvalue weighted by molar-refractivity contribution is 5.85. The molecule has 0 saturated carbocycles. The van der Waals surface area contributed by atoms with Crippen LogP contribution in [0.3, 0.4) is 0 Å². The van der Waals surface area contributed by atoms with Gasteiger partial charge in [-0.1, -0.05) is 18.2 Å². The summed E-state index contributed by atoms with van der Waals surface area (Å²) in [5.74, 6) is 0. The number of nitrogens with zero attached hydrogens (tertiary/aromatic N) is 3. The Bertz CT molecular complexity index is 481. The van der Waals surface area contributed by atoms with Crippen LogP contribution >= 0.6 is 12.4 Å². The fourth-order valence-corrected chi connectivity index (χ4v) is 2.03. The van der Waals surface area contributed by atoms with Gasteiger partial charge in [0.15, 0.2) is 0 Å². The zero-order valence-corrected chi connectivity index (χ0v) is 12.2. The van der Waals surface area contributed by atoms with E-state index in [9.17, 15) is 0 Å². The van der Waals surface area contributed by atoms with Crippen LogP contribution in [0.1, 0.15) is 12.5 Å².